The number of rotatable bonds is 2. The first-order chi connectivity index (χ1) is 12.4. The Kier molecular flexibility index (Phi) is 4.63. The lowest BCUT2D eigenvalue weighted by molar-refractivity contribution is -0.141. The first-order valence-corrected chi connectivity index (χ1v) is 9.99. The van der Waals surface area contributed by atoms with Crippen molar-refractivity contribution in [2.45, 2.75) is 52.0 Å². The highest BCUT2D eigenvalue weighted by molar-refractivity contribution is 5.77. The highest BCUT2D eigenvalue weighted by Gasteiger charge is 2.44. The molecule has 142 valence electrons. The number of carbonyl (C=O) groups is 1. The van der Waals surface area contributed by atoms with Crippen LogP contribution < -0.4 is 4.90 Å². The molecule has 0 bridgehead atoms. The minimum absolute atomic E-state index is 0.296. The largest absolute Gasteiger partial charge is 0.341 e. The fraction of sp³-hybridized carbons (Fsp3) is 0.750. The number of hydrogen-bond acceptors (Lipinski definition) is 5. The molecule has 26 heavy (non-hydrogen) atoms. The van der Waals surface area contributed by atoms with Gasteiger partial charge in [-0.1, -0.05) is 0 Å². The van der Waals surface area contributed by atoms with E-state index < -0.39 is 0 Å². The number of piperidine rings is 2. The molecule has 1 spiro atoms. The van der Waals surface area contributed by atoms with Gasteiger partial charge in [-0.3, -0.25) is 4.79 Å². The SMILES string of the molecule is Cc1cc(C)nc(N2CCC3(CCC(=O)N(C4CCN(C)C4)C3)CC2)n1. The summed E-state index contributed by atoms with van der Waals surface area (Å²) in [6, 6.07) is 2.45. The van der Waals surface area contributed by atoms with Gasteiger partial charge in [0.15, 0.2) is 0 Å². The Labute approximate surface area is 156 Å². The maximum Gasteiger partial charge on any atom is 0.225 e. The zero-order chi connectivity index (χ0) is 18.3. The second-order valence-corrected chi connectivity index (χ2v) is 8.66. The standard InChI is InChI=1S/C20H31N5O/c1-15-12-16(2)22-19(21-15)24-10-7-20(8-11-24)6-4-18(26)25(14-20)17-5-9-23(3)13-17/h12,17H,4-11,13-14H2,1-3H3. The van der Waals surface area contributed by atoms with Crippen LogP contribution in [0.4, 0.5) is 5.95 Å². The van der Waals surface area contributed by atoms with Crippen LogP contribution in [-0.2, 0) is 4.79 Å². The smallest absolute Gasteiger partial charge is 0.225 e. The molecule has 4 rings (SSSR count). The van der Waals surface area contributed by atoms with E-state index in [-0.39, 0.29) is 0 Å². The van der Waals surface area contributed by atoms with Crippen LogP contribution in [0.15, 0.2) is 6.07 Å². The van der Waals surface area contributed by atoms with E-state index in [0.717, 1.165) is 82.2 Å². The van der Waals surface area contributed by atoms with Gasteiger partial charge >= 0.3 is 0 Å². The fourth-order valence-corrected chi connectivity index (χ4v) is 4.98. The van der Waals surface area contributed by atoms with Gasteiger partial charge in [0.05, 0.1) is 0 Å². The van der Waals surface area contributed by atoms with E-state index in [9.17, 15) is 4.79 Å². The normalized spacial score (nSPS) is 26.7. The first-order valence-electron chi connectivity index (χ1n) is 9.99. The molecule has 3 aliphatic rings. The summed E-state index contributed by atoms with van der Waals surface area (Å²) >= 11 is 0. The molecule has 6 nitrogen and oxygen atoms in total. The molecule has 0 aliphatic carbocycles. The average molecular weight is 358 g/mol. The van der Waals surface area contributed by atoms with E-state index in [2.05, 4.69) is 31.7 Å². The number of likely N-dealkylation sites (N-methyl/N-ethyl adjacent to an activating group) is 1. The lowest BCUT2D eigenvalue weighted by Crippen LogP contribution is -2.55. The van der Waals surface area contributed by atoms with Gasteiger partial charge in [-0.2, -0.15) is 0 Å². The maximum atomic E-state index is 12.6. The highest BCUT2D eigenvalue weighted by atomic mass is 16.2. The van der Waals surface area contributed by atoms with Gasteiger partial charge < -0.3 is 14.7 Å². The predicted octanol–water partition coefficient (Wildman–Crippen LogP) is 2.01. The molecule has 1 amide bonds. The third kappa shape index (κ3) is 3.43. The third-order valence-electron chi connectivity index (χ3n) is 6.58. The second kappa shape index (κ2) is 6.80. The van der Waals surface area contributed by atoms with Gasteiger partial charge in [0.2, 0.25) is 11.9 Å². The number of carbonyl (C=O) groups excluding carboxylic acids is 1. The quantitative estimate of drug-likeness (QED) is 0.810. The fourth-order valence-electron chi connectivity index (χ4n) is 4.98. The molecule has 1 aromatic heterocycles. The molecular formula is C20H31N5O. The van der Waals surface area contributed by atoms with Crippen LogP contribution >= 0.6 is 0 Å². The summed E-state index contributed by atoms with van der Waals surface area (Å²) in [4.78, 5) is 28.7. The van der Waals surface area contributed by atoms with E-state index >= 15 is 0 Å². The van der Waals surface area contributed by atoms with Crippen LogP contribution in [0.1, 0.15) is 43.5 Å². The molecule has 1 aromatic rings. The molecule has 3 aliphatic heterocycles. The zero-order valence-corrected chi connectivity index (χ0v) is 16.4. The number of likely N-dealkylation sites (tertiary alicyclic amines) is 2. The Balaban J connectivity index is 1.43. The number of aryl methyl sites for hydroxylation is 2. The van der Waals surface area contributed by atoms with E-state index in [4.69, 9.17) is 0 Å². The highest BCUT2D eigenvalue weighted by Crippen LogP contribution is 2.42. The molecule has 1 unspecified atom stereocenters. The Hall–Kier alpha value is -1.69. The summed E-state index contributed by atoms with van der Waals surface area (Å²) in [6.07, 6.45) is 5.17. The minimum Gasteiger partial charge on any atom is -0.341 e. The van der Waals surface area contributed by atoms with E-state index in [1.54, 1.807) is 0 Å². The molecule has 4 heterocycles. The summed E-state index contributed by atoms with van der Waals surface area (Å²) in [6.45, 7) is 9.15. The van der Waals surface area contributed by atoms with Gasteiger partial charge in [0.25, 0.3) is 0 Å². The van der Waals surface area contributed by atoms with Crippen LogP contribution in [0, 0.1) is 19.3 Å². The molecule has 3 fully saturated rings. The van der Waals surface area contributed by atoms with Crippen LogP contribution in [-0.4, -0.2) is 71.5 Å². The van der Waals surface area contributed by atoms with E-state index in [0.29, 0.717) is 17.4 Å². The van der Waals surface area contributed by atoms with Crippen molar-refractivity contribution in [1.82, 2.24) is 19.8 Å². The lowest BCUT2D eigenvalue weighted by atomic mass is 9.72. The molecule has 0 N–H and O–H groups in total. The summed E-state index contributed by atoms with van der Waals surface area (Å²) in [5, 5.41) is 0. The van der Waals surface area contributed by atoms with Crippen molar-refractivity contribution < 1.29 is 4.79 Å². The Morgan fingerprint density at radius 3 is 2.38 bits per heavy atom. The molecule has 0 radical (unpaired) electrons. The number of amides is 1. The Morgan fingerprint density at radius 1 is 1.08 bits per heavy atom. The molecule has 0 aromatic carbocycles. The second-order valence-electron chi connectivity index (χ2n) is 8.66. The zero-order valence-electron chi connectivity index (χ0n) is 16.4. The maximum absolute atomic E-state index is 12.6. The van der Waals surface area contributed by atoms with Gasteiger partial charge in [0, 0.05) is 50.0 Å². The van der Waals surface area contributed by atoms with Crippen LogP contribution in [0.2, 0.25) is 0 Å². The number of nitrogens with zero attached hydrogens (tertiary/aromatic N) is 5. The first kappa shape index (κ1) is 17.7. The third-order valence-corrected chi connectivity index (χ3v) is 6.58. The van der Waals surface area contributed by atoms with Crippen LogP contribution in [0.3, 0.4) is 0 Å². The Morgan fingerprint density at radius 2 is 1.77 bits per heavy atom. The van der Waals surface area contributed by atoms with Crippen molar-refractivity contribution in [3.8, 4) is 0 Å². The van der Waals surface area contributed by atoms with E-state index in [1.165, 1.54) is 0 Å². The summed E-state index contributed by atoms with van der Waals surface area (Å²) < 4.78 is 0. The number of aromatic nitrogens is 2. The lowest BCUT2D eigenvalue weighted by Gasteiger charge is -2.49. The molecule has 6 heteroatoms. The summed E-state index contributed by atoms with van der Waals surface area (Å²) in [5.74, 6) is 1.24. The van der Waals surface area contributed by atoms with Crippen molar-refractivity contribution in [2.24, 2.45) is 5.41 Å². The number of hydrogen-bond donors (Lipinski definition) is 0. The van der Waals surface area contributed by atoms with E-state index in [1.807, 2.05) is 19.9 Å². The van der Waals surface area contributed by atoms with Crippen molar-refractivity contribution in [2.75, 3.05) is 44.7 Å². The topological polar surface area (TPSA) is 52.6 Å². The van der Waals surface area contributed by atoms with Gasteiger partial charge in [-0.05, 0) is 64.6 Å². The van der Waals surface area contributed by atoms with Crippen LogP contribution in [0.25, 0.3) is 0 Å². The summed E-state index contributed by atoms with van der Waals surface area (Å²) in [5.41, 5.74) is 2.37. The van der Waals surface area contributed by atoms with Crippen molar-refractivity contribution in [3.63, 3.8) is 0 Å². The molecular weight excluding hydrogens is 326 g/mol. The van der Waals surface area contributed by atoms with Gasteiger partial charge in [-0.25, -0.2) is 9.97 Å². The minimum atomic E-state index is 0.296. The summed E-state index contributed by atoms with van der Waals surface area (Å²) in [7, 11) is 2.16. The average Bonchev–Trinajstić information content (AvgIpc) is 3.03. The van der Waals surface area contributed by atoms with Crippen molar-refractivity contribution >= 4 is 11.9 Å². The molecule has 0 saturated carbocycles. The molecule has 1 atom stereocenters. The predicted molar refractivity (Wildman–Crippen MR) is 102 cm³/mol. The van der Waals surface area contributed by atoms with Crippen molar-refractivity contribution in [1.29, 1.82) is 0 Å². The van der Waals surface area contributed by atoms with Crippen molar-refractivity contribution in [3.05, 3.63) is 17.5 Å². The molecule has 3 saturated heterocycles. The Bertz CT molecular complexity index is 663. The van der Waals surface area contributed by atoms with Gasteiger partial charge in [0.1, 0.15) is 0 Å². The van der Waals surface area contributed by atoms with Gasteiger partial charge in [-0.15, -0.1) is 0 Å². The van der Waals surface area contributed by atoms with Crippen LogP contribution in [0.5, 0.6) is 0 Å². The monoisotopic (exact) mass is 357 g/mol. The number of anilines is 1.